The van der Waals surface area contributed by atoms with Crippen LogP contribution in [0.1, 0.15) is 33.1 Å². The number of rotatable bonds is 4. The summed E-state index contributed by atoms with van der Waals surface area (Å²) in [4.78, 5) is 2.65. The number of likely N-dealkylation sites (N-methyl/N-ethyl adjacent to an activating group) is 1. The quantitative estimate of drug-likeness (QED) is 0.687. The van der Waals surface area contributed by atoms with E-state index in [0.717, 1.165) is 18.6 Å². The molecule has 1 aliphatic rings. The second kappa shape index (κ2) is 4.83. The molecule has 0 aromatic heterocycles. The van der Waals surface area contributed by atoms with E-state index < -0.39 is 0 Å². The molecule has 2 unspecified atom stereocenters. The van der Waals surface area contributed by atoms with Crippen LogP contribution in [0.15, 0.2) is 0 Å². The zero-order valence-electron chi connectivity index (χ0n) is 8.64. The second-order valence-corrected chi connectivity index (χ2v) is 3.85. The van der Waals surface area contributed by atoms with Gasteiger partial charge >= 0.3 is 0 Å². The first-order valence-electron chi connectivity index (χ1n) is 5.20. The monoisotopic (exact) mass is 170 g/mol. The fourth-order valence-corrected chi connectivity index (χ4v) is 2.23. The number of hydrogen-bond donors (Lipinski definition) is 1. The maximum Gasteiger partial charge on any atom is 0.0220 e. The zero-order chi connectivity index (χ0) is 8.97. The van der Waals surface area contributed by atoms with Crippen molar-refractivity contribution in [3.63, 3.8) is 0 Å². The molecule has 0 bridgehead atoms. The molecule has 0 spiro atoms. The van der Waals surface area contributed by atoms with Crippen LogP contribution in [0.25, 0.3) is 0 Å². The van der Waals surface area contributed by atoms with Crippen molar-refractivity contribution >= 4 is 0 Å². The van der Waals surface area contributed by atoms with Crippen LogP contribution in [0.3, 0.4) is 0 Å². The van der Waals surface area contributed by atoms with Crippen molar-refractivity contribution in [3.8, 4) is 0 Å². The molecule has 2 atom stereocenters. The molecule has 0 amide bonds. The molecular weight excluding hydrogens is 148 g/mol. The fourth-order valence-electron chi connectivity index (χ4n) is 2.23. The molecular formula is C10H22N2. The maximum absolute atomic E-state index is 3.27. The van der Waals surface area contributed by atoms with Gasteiger partial charge in [0.05, 0.1) is 0 Å². The van der Waals surface area contributed by atoms with E-state index in [1.165, 1.54) is 25.8 Å². The zero-order valence-corrected chi connectivity index (χ0v) is 8.64. The van der Waals surface area contributed by atoms with Crippen molar-refractivity contribution in [2.24, 2.45) is 0 Å². The van der Waals surface area contributed by atoms with Gasteiger partial charge in [0.1, 0.15) is 0 Å². The average molecular weight is 170 g/mol. The van der Waals surface area contributed by atoms with Gasteiger partial charge in [0.25, 0.3) is 0 Å². The summed E-state index contributed by atoms with van der Waals surface area (Å²) in [7, 11) is 2.05. The Kier molecular flexibility index (Phi) is 4.02. The summed E-state index contributed by atoms with van der Waals surface area (Å²) < 4.78 is 0. The summed E-state index contributed by atoms with van der Waals surface area (Å²) in [5.41, 5.74) is 0. The predicted molar refractivity (Wildman–Crippen MR) is 53.4 cm³/mol. The lowest BCUT2D eigenvalue weighted by atomic mass is 10.1. The SMILES string of the molecule is CCC(CNC)N1CCCC1C. The molecule has 2 heteroatoms. The van der Waals surface area contributed by atoms with Gasteiger partial charge in [0.15, 0.2) is 0 Å². The van der Waals surface area contributed by atoms with E-state index in [9.17, 15) is 0 Å². The molecule has 0 aromatic rings. The van der Waals surface area contributed by atoms with Crippen LogP contribution < -0.4 is 5.32 Å². The molecule has 0 aliphatic carbocycles. The van der Waals surface area contributed by atoms with Crippen LogP contribution in [-0.4, -0.2) is 37.1 Å². The summed E-state index contributed by atoms with van der Waals surface area (Å²) >= 11 is 0. The Balaban J connectivity index is 2.41. The fraction of sp³-hybridized carbons (Fsp3) is 1.00. The van der Waals surface area contributed by atoms with Gasteiger partial charge in [-0.3, -0.25) is 4.90 Å². The van der Waals surface area contributed by atoms with Gasteiger partial charge in [-0.1, -0.05) is 6.92 Å². The third kappa shape index (κ3) is 2.20. The second-order valence-electron chi connectivity index (χ2n) is 3.85. The van der Waals surface area contributed by atoms with Gasteiger partial charge in [-0.05, 0) is 39.8 Å². The topological polar surface area (TPSA) is 15.3 Å². The van der Waals surface area contributed by atoms with Crippen LogP contribution in [0.2, 0.25) is 0 Å². The molecule has 72 valence electrons. The van der Waals surface area contributed by atoms with Crippen LogP contribution in [-0.2, 0) is 0 Å². The van der Waals surface area contributed by atoms with E-state index >= 15 is 0 Å². The highest BCUT2D eigenvalue weighted by molar-refractivity contribution is 4.82. The molecule has 0 radical (unpaired) electrons. The first-order valence-corrected chi connectivity index (χ1v) is 5.20. The third-order valence-corrected chi connectivity index (χ3v) is 2.98. The lowest BCUT2D eigenvalue weighted by Gasteiger charge is -2.30. The number of nitrogens with zero attached hydrogens (tertiary/aromatic N) is 1. The molecule has 0 saturated carbocycles. The van der Waals surface area contributed by atoms with Crippen molar-refractivity contribution in [1.29, 1.82) is 0 Å². The number of nitrogens with one attached hydrogen (secondary N) is 1. The van der Waals surface area contributed by atoms with Crippen LogP contribution in [0, 0.1) is 0 Å². The Morgan fingerprint density at radius 3 is 2.75 bits per heavy atom. The van der Waals surface area contributed by atoms with E-state index in [1.54, 1.807) is 0 Å². The standard InChI is InChI=1S/C10H22N2/c1-4-10(8-11-3)12-7-5-6-9(12)2/h9-11H,4-8H2,1-3H3. The minimum Gasteiger partial charge on any atom is -0.318 e. The Labute approximate surface area is 76.3 Å². The Bertz CT molecular complexity index is 125. The van der Waals surface area contributed by atoms with E-state index in [0.29, 0.717) is 0 Å². The smallest absolute Gasteiger partial charge is 0.0220 e. The van der Waals surface area contributed by atoms with Crippen LogP contribution in [0.5, 0.6) is 0 Å². The Morgan fingerprint density at radius 2 is 2.33 bits per heavy atom. The van der Waals surface area contributed by atoms with Gasteiger partial charge in [-0.25, -0.2) is 0 Å². The molecule has 1 N–H and O–H groups in total. The molecule has 0 aromatic carbocycles. The van der Waals surface area contributed by atoms with Crippen molar-refractivity contribution in [2.75, 3.05) is 20.1 Å². The van der Waals surface area contributed by atoms with Crippen molar-refractivity contribution in [1.82, 2.24) is 10.2 Å². The van der Waals surface area contributed by atoms with Gasteiger partial charge < -0.3 is 5.32 Å². The molecule has 2 nitrogen and oxygen atoms in total. The van der Waals surface area contributed by atoms with E-state index in [1.807, 2.05) is 7.05 Å². The largest absolute Gasteiger partial charge is 0.318 e. The van der Waals surface area contributed by atoms with Gasteiger partial charge in [-0.2, -0.15) is 0 Å². The predicted octanol–water partition coefficient (Wildman–Crippen LogP) is 1.47. The molecule has 1 heterocycles. The van der Waals surface area contributed by atoms with Crippen LogP contribution >= 0.6 is 0 Å². The maximum atomic E-state index is 3.27. The van der Waals surface area contributed by atoms with Crippen molar-refractivity contribution in [3.05, 3.63) is 0 Å². The highest BCUT2D eigenvalue weighted by atomic mass is 15.2. The van der Waals surface area contributed by atoms with Crippen LogP contribution in [0.4, 0.5) is 0 Å². The summed E-state index contributed by atoms with van der Waals surface area (Å²) in [6.45, 7) is 7.08. The molecule has 1 saturated heterocycles. The minimum absolute atomic E-state index is 0.757. The summed E-state index contributed by atoms with van der Waals surface area (Å²) in [6, 6.07) is 1.57. The van der Waals surface area contributed by atoms with Gasteiger partial charge in [0.2, 0.25) is 0 Å². The minimum atomic E-state index is 0.757. The van der Waals surface area contributed by atoms with E-state index in [2.05, 4.69) is 24.1 Å². The average Bonchev–Trinajstić information content (AvgIpc) is 2.47. The molecule has 1 fully saturated rings. The number of likely N-dealkylation sites (tertiary alicyclic amines) is 1. The molecule has 1 rings (SSSR count). The lowest BCUT2D eigenvalue weighted by Crippen LogP contribution is -2.42. The molecule has 1 aliphatic heterocycles. The van der Waals surface area contributed by atoms with Gasteiger partial charge in [0, 0.05) is 18.6 Å². The number of hydrogen-bond acceptors (Lipinski definition) is 2. The summed E-state index contributed by atoms with van der Waals surface area (Å²) in [5.74, 6) is 0. The normalized spacial score (nSPS) is 27.8. The first-order chi connectivity index (χ1) is 5.79. The Morgan fingerprint density at radius 1 is 1.58 bits per heavy atom. The van der Waals surface area contributed by atoms with E-state index in [4.69, 9.17) is 0 Å². The van der Waals surface area contributed by atoms with Crippen molar-refractivity contribution in [2.45, 2.75) is 45.2 Å². The highest BCUT2D eigenvalue weighted by Gasteiger charge is 2.25. The molecule has 12 heavy (non-hydrogen) atoms. The van der Waals surface area contributed by atoms with E-state index in [-0.39, 0.29) is 0 Å². The van der Waals surface area contributed by atoms with Crippen molar-refractivity contribution < 1.29 is 0 Å². The first kappa shape index (κ1) is 10.0. The Hall–Kier alpha value is -0.0800. The highest BCUT2D eigenvalue weighted by Crippen LogP contribution is 2.20. The van der Waals surface area contributed by atoms with Gasteiger partial charge in [-0.15, -0.1) is 0 Å². The summed E-state index contributed by atoms with van der Waals surface area (Å²) in [5, 5.41) is 3.27. The lowest BCUT2D eigenvalue weighted by molar-refractivity contribution is 0.183. The third-order valence-electron chi connectivity index (χ3n) is 2.98. The summed E-state index contributed by atoms with van der Waals surface area (Å²) in [6.07, 6.45) is 4.05.